The van der Waals surface area contributed by atoms with Crippen LogP contribution in [0.3, 0.4) is 0 Å². The standard InChI is InChI=1S/C17H16O5S/c1-9-11-12(14(20-2)15(21-3)13(9)18)17(22-16(11)19)23-10-7-5-4-6-8-10/h4-8,17-18H,1-3H3. The molecule has 120 valence electrons. The Hall–Kier alpha value is -2.34. The normalized spacial score (nSPS) is 16.0. The summed E-state index contributed by atoms with van der Waals surface area (Å²) in [5.74, 6) is -0.0433. The predicted octanol–water partition coefficient (Wildman–Crippen LogP) is 3.68. The molecule has 0 saturated carbocycles. The van der Waals surface area contributed by atoms with Gasteiger partial charge < -0.3 is 19.3 Å². The van der Waals surface area contributed by atoms with E-state index in [0.717, 1.165) is 4.90 Å². The summed E-state index contributed by atoms with van der Waals surface area (Å²) in [6.45, 7) is 1.66. The van der Waals surface area contributed by atoms with Crippen molar-refractivity contribution in [2.24, 2.45) is 0 Å². The Bertz CT molecular complexity index is 758. The van der Waals surface area contributed by atoms with E-state index < -0.39 is 11.4 Å². The third kappa shape index (κ3) is 2.49. The van der Waals surface area contributed by atoms with Gasteiger partial charge in [-0.05, 0) is 19.1 Å². The summed E-state index contributed by atoms with van der Waals surface area (Å²) in [5, 5.41) is 10.2. The molecule has 1 atom stereocenters. The molecule has 5 nitrogen and oxygen atoms in total. The lowest BCUT2D eigenvalue weighted by atomic mass is 10.0. The molecule has 23 heavy (non-hydrogen) atoms. The molecule has 6 heteroatoms. The molecule has 3 rings (SSSR count). The van der Waals surface area contributed by atoms with Gasteiger partial charge in [0.15, 0.2) is 16.9 Å². The summed E-state index contributed by atoms with van der Waals surface area (Å²) in [5.41, 5.74) is 0.814. The molecule has 0 fully saturated rings. The first kappa shape index (κ1) is 15.6. The van der Waals surface area contributed by atoms with Crippen molar-refractivity contribution in [1.82, 2.24) is 0 Å². The van der Waals surface area contributed by atoms with Crippen molar-refractivity contribution in [3.63, 3.8) is 0 Å². The fraction of sp³-hybridized carbons (Fsp3) is 0.235. The molecule has 0 aromatic heterocycles. The smallest absolute Gasteiger partial charge is 0.340 e. The van der Waals surface area contributed by atoms with Gasteiger partial charge in [-0.1, -0.05) is 30.0 Å². The average molecular weight is 332 g/mol. The van der Waals surface area contributed by atoms with E-state index in [0.29, 0.717) is 22.4 Å². The van der Waals surface area contributed by atoms with Crippen LogP contribution in [-0.4, -0.2) is 25.3 Å². The third-order valence-corrected chi connectivity index (χ3v) is 4.80. The van der Waals surface area contributed by atoms with Gasteiger partial charge in [0.05, 0.1) is 25.3 Å². The number of carbonyl (C=O) groups excluding carboxylic acids is 1. The molecule has 2 aromatic rings. The Morgan fingerprint density at radius 1 is 1.13 bits per heavy atom. The first-order valence-corrected chi connectivity index (χ1v) is 7.86. The minimum Gasteiger partial charge on any atom is -0.504 e. The topological polar surface area (TPSA) is 65.0 Å². The number of hydrogen-bond acceptors (Lipinski definition) is 6. The highest BCUT2D eigenvalue weighted by Gasteiger charge is 2.40. The van der Waals surface area contributed by atoms with Gasteiger partial charge in [0.2, 0.25) is 5.75 Å². The van der Waals surface area contributed by atoms with Gasteiger partial charge in [-0.2, -0.15) is 0 Å². The van der Waals surface area contributed by atoms with Crippen LogP contribution in [-0.2, 0) is 4.74 Å². The Morgan fingerprint density at radius 3 is 2.39 bits per heavy atom. The molecule has 0 amide bonds. The van der Waals surface area contributed by atoms with E-state index in [4.69, 9.17) is 14.2 Å². The molecule has 1 unspecified atom stereocenters. The molecule has 2 aromatic carbocycles. The van der Waals surface area contributed by atoms with Crippen molar-refractivity contribution >= 4 is 17.7 Å². The highest BCUT2D eigenvalue weighted by atomic mass is 32.2. The van der Waals surface area contributed by atoms with Crippen LogP contribution in [0.4, 0.5) is 0 Å². The van der Waals surface area contributed by atoms with Crippen molar-refractivity contribution in [3.8, 4) is 17.2 Å². The van der Waals surface area contributed by atoms with Crippen LogP contribution in [0.15, 0.2) is 35.2 Å². The van der Waals surface area contributed by atoms with Crippen molar-refractivity contribution in [1.29, 1.82) is 0 Å². The zero-order chi connectivity index (χ0) is 16.6. The highest BCUT2D eigenvalue weighted by Crippen LogP contribution is 2.54. The number of esters is 1. The fourth-order valence-corrected chi connectivity index (χ4v) is 3.67. The average Bonchev–Trinajstić information content (AvgIpc) is 2.88. The summed E-state index contributed by atoms with van der Waals surface area (Å²) < 4.78 is 16.1. The number of phenols is 1. The zero-order valence-corrected chi connectivity index (χ0v) is 13.8. The third-order valence-electron chi connectivity index (χ3n) is 3.71. The van der Waals surface area contributed by atoms with Gasteiger partial charge in [-0.25, -0.2) is 4.79 Å². The molecule has 1 aliphatic rings. The van der Waals surface area contributed by atoms with Gasteiger partial charge in [0, 0.05) is 10.5 Å². The number of methoxy groups -OCH3 is 2. The number of carbonyl (C=O) groups is 1. The number of phenolic OH excluding ortho intramolecular Hbond substituents is 1. The van der Waals surface area contributed by atoms with Gasteiger partial charge in [-0.3, -0.25) is 0 Å². The van der Waals surface area contributed by atoms with Crippen LogP contribution in [0.1, 0.15) is 26.9 Å². The number of cyclic esters (lactones) is 1. The maximum absolute atomic E-state index is 12.3. The second-order valence-electron chi connectivity index (χ2n) is 5.00. The van der Waals surface area contributed by atoms with Crippen LogP contribution >= 0.6 is 11.8 Å². The van der Waals surface area contributed by atoms with Crippen molar-refractivity contribution < 1.29 is 24.1 Å². The van der Waals surface area contributed by atoms with E-state index in [1.807, 2.05) is 30.3 Å². The maximum Gasteiger partial charge on any atom is 0.340 e. The predicted molar refractivity (Wildman–Crippen MR) is 86.4 cm³/mol. The molecule has 0 radical (unpaired) electrons. The SMILES string of the molecule is COc1c(O)c(C)c2c(c1OC)C(Sc1ccccc1)OC2=O. The lowest BCUT2D eigenvalue weighted by Gasteiger charge is -2.17. The summed E-state index contributed by atoms with van der Waals surface area (Å²) >= 11 is 1.40. The Balaban J connectivity index is 2.14. The molecule has 0 saturated heterocycles. The van der Waals surface area contributed by atoms with E-state index in [9.17, 15) is 9.90 Å². The van der Waals surface area contributed by atoms with Crippen molar-refractivity contribution in [2.75, 3.05) is 14.2 Å². The Kier molecular flexibility index (Phi) is 4.09. The van der Waals surface area contributed by atoms with Crippen molar-refractivity contribution in [3.05, 3.63) is 47.0 Å². The molecule has 0 bridgehead atoms. The van der Waals surface area contributed by atoms with E-state index >= 15 is 0 Å². The van der Waals surface area contributed by atoms with E-state index in [1.54, 1.807) is 6.92 Å². The zero-order valence-electron chi connectivity index (χ0n) is 13.0. The van der Waals surface area contributed by atoms with Crippen LogP contribution in [0.5, 0.6) is 17.2 Å². The molecule has 1 N–H and O–H groups in total. The van der Waals surface area contributed by atoms with Crippen LogP contribution in [0.2, 0.25) is 0 Å². The number of aromatic hydroxyl groups is 1. The second-order valence-corrected chi connectivity index (χ2v) is 6.13. The maximum atomic E-state index is 12.3. The minimum absolute atomic E-state index is 0.106. The van der Waals surface area contributed by atoms with E-state index in [-0.39, 0.29) is 11.5 Å². The highest BCUT2D eigenvalue weighted by molar-refractivity contribution is 7.99. The Morgan fingerprint density at radius 2 is 1.78 bits per heavy atom. The first-order valence-electron chi connectivity index (χ1n) is 6.98. The molecular formula is C17H16O5S. The van der Waals surface area contributed by atoms with Crippen molar-refractivity contribution in [2.45, 2.75) is 17.3 Å². The van der Waals surface area contributed by atoms with Crippen LogP contribution in [0.25, 0.3) is 0 Å². The summed E-state index contributed by atoms with van der Waals surface area (Å²) in [6.07, 6.45) is 0. The van der Waals surface area contributed by atoms with Gasteiger partial charge in [0.1, 0.15) is 0 Å². The van der Waals surface area contributed by atoms with Gasteiger partial charge >= 0.3 is 5.97 Å². The lowest BCUT2D eigenvalue weighted by Crippen LogP contribution is -2.02. The van der Waals surface area contributed by atoms with Gasteiger partial charge in [0.25, 0.3) is 0 Å². The molecular weight excluding hydrogens is 316 g/mol. The van der Waals surface area contributed by atoms with E-state index in [1.165, 1.54) is 26.0 Å². The van der Waals surface area contributed by atoms with Crippen LogP contribution < -0.4 is 9.47 Å². The number of ether oxygens (including phenoxy) is 3. The second kappa shape index (κ2) is 6.04. The molecule has 1 aliphatic heterocycles. The number of hydrogen-bond donors (Lipinski definition) is 1. The fourth-order valence-electron chi connectivity index (χ4n) is 2.63. The summed E-state index contributed by atoms with van der Waals surface area (Å²) in [4.78, 5) is 13.2. The largest absolute Gasteiger partial charge is 0.504 e. The summed E-state index contributed by atoms with van der Waals surface area (Å²) in [6, 6.07) is 9.63. The van der Waals surface area contributed by atoms with Gasteiger partial charge in [-0.15, -0.1) is 0 Å². The van der Waals surface area contributed by atoms with E-state index in [2.05, 4.69) is 0 Å². The Labute approximate surface area is 138 Å². The number of fused-ring (bicyclic) bond motifs is 1. The molecule has 0 spiro atoms. The number of rotatable bonds is 4. The number of thioether (sulfide) groups is 1. The summed E-state index contributed by atoms with van der Waals surface area (Å²) in [7, 11) is 2.92. The monoisotopic (exact) mass is 332 g/mol. The van der Waals surface area contributed by atoms with Crippen LogP contribution in [0, 0.1) is 6.92 Å². The lowest BCUT2D eigenvalue weighted by molar-refractivity contribution is 0.0520. The first-order chi connectivity index (χ1) is 11.1. The molecule has 1 heterocycles. The number of benzene rings is 2. The molecule has 0 aliphatic carbocycles. The minimum atomic E-state index is -0.553. The quantitative estimate of drug-likeness (QED) is 0.862.